The molecular weight excluding hydrogens is 368 g/mol. The predicted molar refractivity (Wildman–Crippen MR) is 105 cm³/mol. The van der Waals surface area contributed by atoms with E-state index in [0.29, 0.717) is 18.8 Å². The maximum atomic E-state index is 11.5. The number of aryl methyl sites for hydroxylation is 1. The molecule has 1 aliphatic rings. The molecule has 0 unspecified atom stereocenters. The normalized spacial score (nSPS) is 15.1. The van der Waals surface area contributed by atoms with Gasteiger partial charge in [-0.2, -0.15) is 0 Å². The number of hydrogen-bond acceptors (Lipinski definition) is 6. The molecule has 2 aromatic rings. The number of primary sulfonamides is 1. The third-order valence-electron chi connectivity index (χ3n) is 5.01. The van der Waals surface area contributed by atoms with Crippen LogP contribution in [-0.4, -0.2) is 39.5 Å². The van der Waals surface area contributed by atoms with Crippen LogP contribution in [0.15, 0.2) is 41.3 Å². The number of nitrogens with zero attached hydrogens (tertiary/aromatic N) is 3. The Labute approximate surface area is 158 Å². The van der Waals surface area contributed by atoms with Crippen LogP contribution in [-0.2, 0) is 10.0 Å². The fourth-order valence-corrected chi connectivity index (χ4v) is 3.89. The van der Waals surface area contributed by atoms with Gasteiger partial charge in [-0.05, 0) is 43.2 Å². The topological polar surface area (TPSA) is 110 Å². The van der Waals surface area contributed by atoms with E-state index < -0.39 is 14.9 Å². The standard InChI is InChI=1S/C18H22N4O4S/c1-13-4-3-5-16(14(13)2)20-8-10-21(11-9-20)17-7-6-15(27(19,25)26)12-18(17)22(23)24/h3-7,12H,8-11H2,1-2H3,(H2,19,25,26). The first-order valence-electron chi connectivity index (χ1n) is 8.56. The third kappa shape index (κ3) is 3.88. The van der Waals surface area contributed by atoms with Gasteiger partial charge in [0.05, 0.1) is 9.82 Å². The van der Waals surface area contributed by atoms with Crippen LogP contribution in [0.2, 0.25) is 0 Å². The molecule has 1 saturated heterocycles. The molecule has 0 amide bonds. The second-order valence-corrected chi connectivity index (χ2v) is 8.21. The average molecular weight is 390 g/mol. The summed E-state index contributed by atoms with van der Waals surface area (Å²) < 4.78 is 23.0. The minimum Gasteiger partial charge on any atom is -0.368 e. The van der Waals surface area contributed by atoms with E-state index in [4.69, 9.17) is 5.14 Å². The lowest BCUT2D eigenvalue weighted by Crippen LogP contribution is -2.47. The molecule has 1 fully saturated rings. The molecule has 3 rings (SSSR count). The Hall–Kier alpha value is -2.65. The summed E-state index contributed by atoms with van der Waals surface area (Å²) in [5.41, 5.74) is 3.79. The number of rotatable bonds is 4. The lowest BCUT2D eigenvalue weighted by atomic mass is 10.1. The highest BCUT2D eigenvalue weighted by Crippen LogP contribution is 2.32. The number of benzene rings is 2. The zero-order chi connectivity index (χ0) is 19.8. The maximum absolute atomic E-state index is 11.5. The summed E-state index contributed by atoms with van der Waals surface area (Å²) in [5.74, 6) is 0. The molecule has 144 valence electrons. The second-order valence-electron chi connectivity index (χ2n) is 6.65. The third-order valence-corrected chi connectivity index (χ3v) is 5.92. The lowest BCUT2D eigenvalue weighted by Gasteiger charge is -2.38. The average Bonchev–Trinajstić information content (AvgIpc) is 2.63. The first kappa shape index (κ1) is 19.1. The molecule has 0 aromatic heterocycles. The summed E-state index contributed by atoms with van der Waals surface area (Å²) in [7, 11) is -3.99. The Bertz CT molecular complexity index is 983. The van der Waals surface area contributed by atoms with E-state index in [1.807, 2.05) is 11.0 Å². The van der Waals surface area contributed by atoms with Gasteiger partial charge in [-0.1, -0.05) is 12.1 Å². The molecule has 0 radical (unpaired) electrons. The van der Waals surface area contributed by atoms with Gasteiger partial charge in [-0.25, -0.2) is 13.6 Å². The van der Waals surface area contributed by atoms with Crippen molar-refractivity contribution in [2.75, 3.05) is 36.0 Å². The van der Waals surface area contributed by atoms with Crippen molar-refractivity contribution in [1.82, 2.24) is 0 Å². The Morgan fingerprint density at radius 2 is 1.59 bits per heavy atom. The minimum atomic E-state index is -3.99. The van der Waals surface area contributed by atoms with Crippen molar-refractivity contribution in [2.45, 2.75) is 18.7 Å². The Kier molecular flexibility index (Phi) is 5.07. The molecule has 0 aliphatic carbocycles. The summed E-state index contributed by atoms with van der Waals surface area (Å²) in [4.78, 5) is 14.8. The molecule has 0 atom stereocenters. The van der Waals surface area contributed by atoms with E-state index in [1.54, 1.807) is 0 Å². The summed E-state index contributed by atoms with van der Waals surface area (Å²) in [6.45, 7) is 6.81. The molecule has 1 aliphatic heterocycles. The van der Waals surface area contributed by atoms with Crippen molar-refractivity contribution >= 4 is 27.1 Å². The summed E-state index contributed by atoms with van der Waals surface area (Å²) in [5, 5.41) is 16.5. The smallest absolute Gasteiger partial charge is 0.293 e. The molecule has 0 saturated carbocycles. The van der Waals surface area contributed by atoms with Gasteiger partial charge in [0.2, 0.25) is 10.0 Å². The van der Waals surface area contributed by atoms with E-state index in [1.165, 1.54) is 28.9 Å². The number of nitrogens with two attached hydrogens (primary N) is 1. The molecular formula is C18H22N4O4S. The monoisotopic (exact) mass is 390 g/mol. The van der Waals surface area contributed by atoms with Crippen LogP contribution in [0.1, 0.15) is 11.1 Å². The molecule has 2 N–H and O–H groups in total. The van der Waals surface area contributed by atoms with E-state index >= 15 is 0 Å². The number of hydrogen-bond donors (Lipinski definition) is 1. The highest BCUT2D eigenvalue weighted by atomic mass is 32.2. The molecule has 27 heavy (non-hydrogen) atoms. The maximum Gasteiger partial charge on any atom is 0.293 e. The summed E-state index contributed by atoms with van der Waals surface area (Å²) in [6.07, 6.45) is 0. The number of sulfonamides is 1. The van der Waals surface area contributed by atoms with Crippen molar-refractivity contribution in [3.63, 3.8) is 0 Å². The van der Waals surface area contributed by atoms with Gasteiger partial charge in [0.25, 0.3) is 5.69 Å². The minimum absolute atomic E-state index is 0.248. The fraction of sp³-hybridized carbons (Fsp3) is 0.333. The number of nitro groups is 1. The van der Waals surface area contributed by atoms with Crippen LogP contribution < -0.4 is 14.9 Å². The molecule has 8 nitrogen and oxygen atoms in total. The van der Waals surface area contributed by atoms with Crippen LogP contribution in [0, 0.1) is 24.0 Å². The van der Waals surface area contributed by atoms with E-state index in [0.717, 1.165) is 19.2 Å². The van der Waals surface area contributed by atoms with Gasteiger partial charge < -0.3 is 9.80 Å². The molecule has 0 bridgehead atoms. The zero-order valence-electron chi connectivity index (χ0n) is 15.3. The number of nitro benzene ring substituents is 1. The van der Waals surface area contributed by atoms with Crippen LogP contribution in [0.3, 0.4) is 0 Å². The van der Waals surface area contributed by atoms with E-state index in [-0.39, 0.29) is 10.6 Å². The Balaban J connectivity index is 1.84. The van der Waals surface area contributed by atoms with Gasteiger partial charge in [0.15, 0.2) is 0 Å². The van der Waals surface area contributed by atoms with Crippen LogP contribution >= 0.6 is 0 Å². The fourth-order valence-electron chi connectivity index (χ4n) is 3.36. The lowest BCUT2D eigenvalue weighted by molar-refractivity contribution is -0.384. The van der Waals surface area contributed by atoms with Crippen molar-refractivity contribution < 1.29 is 13.3 Å². The van der Waals surface area contributed by atoms with Gasteiger partial charge in [-0.15, -0.1) is 0 Å². The van der Waals surface area contributed by atoms with Crippen LogP contribution in [0.5, 0.6) is 0 Å². The second kappa shape index (κ2) is 7.16. The van der Waals surface area contributed by atoms with Crippen LogP contribution in [0.4, 0.5) is 17.1 Å². The van der Waals surface area contributed by atoms with Gasteiger partial charge >= 0.3 is 0 Å². The summed E-state index contributed by atoms with van der Waals surface area (Å²) >= 11 is 0. The predicted octanol–water partition coefficient (Wildman–Crippen LogP) is 2.19. The van der Waals surface area contributed by atoms with Gasteiger partial charge in [0, 0.05) is 37.9 Å². The first-order chi connectivity index (χ1) is 12.7. The zero-order valence-corrected chi connectivity index (χ0v) is 16.1. The largest absolute Gasteiger partial charge is 0.368 e. The molecule has 2 aromatic carbocycles. The van der Waals surface area contributed by atoms with Crippen molar-refractivity contribution in [3.05, 3.63) is 57.6 Å². The quantitative estimate of drug-likeness (QED) is 0.633. The highest BCUT2D eigenvalue weighted by molar-refractivity contribution is 7.89. The molecule has 0 spiro atoms. The van der Waals surface area contributed by atoms with Crippen molar-refractivity contribution in [2.24, 2.45) is 5.14 Å². The number of piperazine rings is 1. The Morgan fingerprint density at radius 3 is 2.15 bits per heavy atom. The first-order valence-corrected chi connectivity index (χ1v) is 10.1. The number of anilines is 2. The van der Waals surface area contributed by atoms with Crippen LogP contribution in [0.25, 0.3) is 0 Å². The van der Waals surface area contributed by atoms with Crippen molar-refractivity contribution in [1.29, 1.82) is 0 Å². The van der Waals surface area contributed by atoms with E-state index in [9.17, 15) is 18.5 Å². The van der Waals surface area contributed by atoms with Gasteiger partial charge in [0.1, 0.15) is 5.69 Å². The molecule has 9 heteroatoms. The highest BCUT2D eigenvalue weighted by Gasteiger charge is 2.26. The SMILES string of the molecule is Cc1cccc(N2CCN(c3ccc(S(N)(=O)=O)cc3[N+](=O)[O-])CC2)c1C. The Morgan fingerprint density at radius 1 is 1.00 bits per heavy atom. The van der Waals surface area contributed by atoms with Gasteiger partial charge in [-0.3, -0.25) is 10.1 Å². The molecule has 1 heterocycles. The van der Waals surface area contributed by atoms with Crippen molar-refractivity contribution in [3.8, 4) is 0 Å². The van der Waals surface area contributed by atoms with E-state index in [2.05, 4.69) is 30.9 Å². The summed E-state index contributed by atoms with van der Waals surface area (Å²) in [6, 6.07) is 10.00.